The Labute approximate surface area is 163 Å². The molecule has 3 aromatic rings. The zero-order valence-corrected chi connectivity index (χ0v) is 16.2. The number of aromatic nitrogens is 3. The lowest BCUT2D eigenvalue weighted by Gasteiger charge is -2.16. The van der Waals surface area contributed by atoms with Crippen LogP contribution in [-0.2, 0) is 6.42 Å². The number of carbonyl (C=O) groups excluding carboxylic acids is 1. The quantitative estimate of drug-likeness (QED) is 0.668. The number of rotatable bonds is 5. The molecule has 6 heteroatoms. The molecule has 5 nitrogen and oxygen atoms in total. The summed E-state index contributed by atoms with van der Waals surface area (Å²) in [4.78, 5) is 27.8. The molecular formula is C21H22N4OS. The van der Waals surface area contributed by atoms with Gasteiger partial charge in [0, 0.05) is 48.5 Å². The van der Waals surface area contributed by atoms with Gasteiger partial charge in [-0.05, 0) is 49.1 Å². The molecule has 0 aliphatic carbocycles. The molecule has 0 radical (unpaired) electrons. The summed E-state index contributed by atoms with van der Waals surface area (Å²) in [5.41, 5.74) is 3.83. The van der Waals surface area contributed by atoms with E-state index in [1.54, 1.807) is 23.7 Å². The highest BCUT2D eigenvalue weighted by Gasteiger charge is 2.29. The van der Waals surface area contributed by atoms with Crippen molar-refractivity contribution >= 4 is 17.2 Å². The van der Waals surface area contributed by atoms with E-state index in [1.807, 2.05) is 28.6 Å². The van der Waals surface area contributed by atoms with E-state index in [0.29, 0.717) is 11.6 Å². The van der Waals surface area contributed by atoms with E-state index in [9.17, 15) is 4.79 Å². The Morgan fingerprint density at radius 3 is 2.93 bits per heavy atom. The number of thiazole rings is 1. The van der Waals surface area contributed by atoms with Crippen LogP contribution in [0.3, 0.4) is 0 Å². The molecule has 138 valence electrons. The third-order valence-electron chi connectivity index (χ3n) is 4.94. The summed E-state index contributed by atoms with van der Waals surface area (Å²) in [6.07, 6.45) is 8.37. The molecule has 4 rings (SSSR count). The molecule has 0 bridgehead atoms. The van der Waals surface area contributed by atoms with Crippen LogP contribution in [0.5, 0.6) is 0 Å². The van der Waals surface area contributed by atoms with Crippen LogP contribution >= 0.6 is 11.3 Å². The van der Waals surface area contributed by atoms with Gasteiger partial charge in [-0.3, -0.25) is 14.8 Å². The molecule has 1 atom stereocenters. The Kier molecular flexibility index (Phi) is 5.25. The van der Waals surface area contributed by atoms with Crippen LogP contribution in [0.15, 0.2) is 48.2 Å². The number of hydrogen-bond donors (Lipinski definition) is 0. The Hall–Kier alpha value is -2.60. The maximum Gasteiger partial charge on any atom is 0.273 e. The molecule has 1 fully saturated rings. The van der Waals surface area contributed by atoms with Gasteiger partial charge in [0.2, 0.25) is 0 Å². The molecule has 3 aromatic heterocycles. The molecule has 1 aliphatic heterocycles. The Bertz CT molecular complexity index is 925. The maximum absolute atomic E-state index is 12.8. The minimum Gasteiger partial charge on any atom is -0.337 e. The second-order valence-corrected chi connectivity index (χ2v) is 7.77. The first-order chi connectivity index (χ1) is 13.2. The fraction of sp³-hybridized carbons (Fsp3) is 0.333. The molecule has 1 aliphatic rings. The lowest BCUT2D eigenvalue weighted by atomic mass is 9.97. The number of nitrogens with zero attached hydrogens (tertiary/aromatic N) is 4. The molecule has 0 spiro atoms. The summed E-state index contributed by atoms with van der Waals surface area (Å²) in [5.74, 6) is 0.394. The number of carbonyl (C=O) groups is 1. The Morgan fingerprint density at radius 1 is 1.26 bits per heavy atom. The van der Waals surface area contributed by atoms with Crippen molar-refractivity contribution in [2.45, 2.75) is 32.1 Å². The van der Waals surface area contributed by atoms with Crippen molar-refractivity contribution in [1.29, 1.82) is 0 Å². The average Bonchev–Trinajstić information content (AvgIpc) is 3.39. The van der Waals surface area contributed by atoms with E-state index in [4.69, 9.17) is 0 Å². The van der Waals surface area contributed by atoms with Gasteiger partial charge in [-0.25, -0.2) is 4.98 Å². The van der Waals surface area contributed by atoms with Crippen LogP contribution < -0.4 is 0 Å². The smallest absolute Gasteiger partial charge is 0.273 e. The number of likely N-dealkylation sites (tertiary alicyclic amines) is 1. The zero-order chi connectivity index (χ0) is 18.6. The number of amides is 1. The normalized spacial score (nSPS) is 16.6. The van der Waals surface area contributed by atoms with Crippen LogP contribution in [0.25, 0.3) is 11.3 Å². The first kappa shape index (κ1) is 17.8. The fourth-order valence-corrected chi connectivity index (χ4v) is 4.37. The van der Waals surface area contributed by atoms with Gasteiger partial charge >= 0.3 is 0 Å². The van der Waals surface area contributed by atoms with Crippen molar-refractivity contribution in [2.75, 3.05) is 13.1 Å². The first-order valence-corrected chi connectivity index (χ1v) is 10.2. The number of aryl methyl sites for hydroxylation is 1. The highest BCUT2D eigenvalue weighted by atomic mass is 32.1. The summed E-state index contributed by atoms with van der Waals surface area (Å²) >= 11 is 1.59. The standard InChI is InChI=1S/C21H22N4OS/c1-2-3-20-24-19(14-27-20)21(26)25-11-7-17(13-25)16-6-10-23-18(12-16)15-4-8-22-9-5-15/h4-6,8-10,12,14,17H,2-3,7,11,13H2,1H3. The highest BCUT2D eigenvalue weighted by Crippen LogP contribution is 2.30. The molecule has 1 unspecified atom stereocenters. The summed E-state index contributed by atoms with van der Waals surface area (Å²) < 4.78 is 0. The molecular weight excluding hydrogens is 356 g/mol. The lowest BCUT2D eigenvalue weighted by molar-refractivity contribution is 0.0785. The van der Waals surface area contributed by atoms with E-state index in [0.717, 1.165) is 48.6 Å². The van der Waals surface area contributed by atoms with Crippen molar-refractivity contribution in [3.05, 3.63) is 64.5 Å². The lowest BCUT2D eigenvalue weighted by Crippen LogP contribution is -2.28. The van der Waals surface area contributed by atoms with E-state index < -0.39 is 0 Å². The number of hydrogen-bond acceptors (Lipinski definition) is 5. The van der Waals surface area contributed by atoms with Crippen LogP contribution in [0.4, 0.5) is 0 Å². The van der Waals surface area contributed by atoms with E-state index >= 15 is 0 Å². The van der Waals surface area contributed by atoms with E-state index in [2.05, 4.69) is 34.0 Å². The molecule has 27 heavy (non-hydrogen) atoms. The average molecular weight is 379 g/mol. The van der Waals surface area contributed by atoms with Gasteiger partial charge in [0.25, 0.3) is 5.91 Å². The predicted octanol–water partition coefficient (Wildman–Crippen LogP) is 4.18. The predicted molar refractivity (Wildman–Crippen MR) is 107 cm³/mol. The van der Waals surface area contributed by atoms with Crippen LogP contribution in [0.2, 0.25) is 0 Å². The van der Waals surface area contributed by atoms with E-state index in [1.165, 1.54) is 5.56 Å². The third kappa shape index (κ3) is 3.90. The highest BCUT2D eigenvalue weighted by molar-refractivity contribution is 7.09. The largest absolute Gasteiger partial charge is 0.337 e. The summed E-state index contributed by atoms with van der Waals surface area (Å²) in [6, 6.07) is 8.13. The molecule has 0 saturated carbocycles. The second kappa shape index (κ2) is 7.96. The molecule has 0 aromatic carbocycles. The monoisotopic (exact) mass is 378 g/mol. The molecule has 0 N–H and O–H groups in total. The van der Waals surface area contributed by atoms with Crippen molar-refractivity contribution < 1.29 is 4.79 Å². The van der Waals surface area contributed by atoms with E-state index in [-0.39, 0.29) is 5.91 Å². The Balaban J connectivity index is 1.47. The second-order valence-electron chi connectivity index (χ2n) is 6.82. The van der Waals surface area contributed by atoms with Crippen LogP contribution in [0, 0.1) is 0 Å². The van der Waals surface area contributed by atoms with Gasteiger partial charge in [-0.2, -0.15) is 0 Å². The first-order valence-electron chi connectivity index (χ1n) is 9.34. The summed E-state index contributed by atoms with van der Waals surface area (Å²) in [6.45, 7) is 3.64. The SMILES string of the molecule is CCCc1nc(C(=O)N2CCC(c3ccnc(-c4ccncc4)c3)C2)cs1. The van der Waals surface area contributed by atoms with Crippen molar-refractivity contribution in [2.24, 2.45) is 0 Å². The topological polar surface area (TPSA) is 59.0 Å². The van der Waals surface area contributed by atoms with Crippen molar-refractivity contribution in [3.63, 3.8) is 0 Å². The van der Waals surface area contributed by atoms with Gasteiger partial charge < -0.3 is 4.90 Å². The molecule has 1 saturated heterocycles. The van der Waals surface area contributed by atoms with Crippen LogP contribution in [-0.4, -0.2) is 38.8 Å². The third-order valence-corrected chi connectivity index (χ3v) is 5.85. The Morgan fingerprint density at radius 2 is 2.11 bits per heavy atom. The maximum atomic E-state index is 12.8. The minimum absolute atomic E-state index is 0.0551. The molecule has 4 heterocycles. The van der Waals surface area contributed by atoms with Gasteiger partial charge in [0.05, 0.1) is 10.7 Å². The van der Waals surface area contributed by atoms with Gasteiger partial charge in [0.15, 0.2) is 0 Å². The van der Waals surface area contributed by atoms with Gasteiger partial charge in [0.1, 0.15) is 5.69 Å². The summed E-state index contributed by atoms with van der Waals surface area (Å²) in [5, 5.41) is 2.95. The zero-order valence-electron chi connectivity index (χ0n) is 15.3. The minimum atomic E-state index is 0.0551. The van der Waals surface area contributed by atoms with Crippen molar-refractivity contribution in [3.8, 4) is 11.3 Å². The van der Waals surface area contributed by atoms with Gasteiger partial charge in [-0.15, -0.1) is 11.3 Å². The fourth-order valence-electron chi connectivity index (χ4n) is 3.50. The van der Waals surface area contributed by atoms with Crippen LogP contribution in [0.1, 0.15) is 46.7 Å². The summed E-state index contributed by atoms with van der Waals surface area (Å²) in [7, 11) is 0. The van der Waals surface area contributed by atoms with Gasteiger partial charge in [-0.1, -0.05) is 6.92 Å². The van der Waals surface area contributed by atoms with Crippen molar-refractivity contribution in [1.82, 2.24) is 19.9 Å². The molecule has 1 amide bonds. The number of pyridine rings is 2.